The van der Waals surface area contributed by atoms with Crippen molar-refractivity contribution in [1.29, 1.82) is 0 Å². The molecule has 0 aliphatic heterocycles. The van der Waals surface area contributed by atoms with Crippen molar-refractivity contribution in [3.8, 4) is 0 Å². The summed E-state index contributed by atoms with van der Waals surface area (Å²) in [5.74, 6) is -0.185. The van der Waals surface area contributed by atoms with Gasteiger partial charge in [0, 0.05) is 21.2 Å². The van der Waals surface area contributed by atoms with Crippen molar-refractivity contribution in [2.24, 2.45) is 0 Å². The zero-order valence-corrected chi connectivity index (χ0v) is 16.1. The van der Waals surface area contributed by atoms with Crippen LogP contribution in [0.1, 0.15) is 10.4 Å². The van der Waals surface area contributed by atoms with E-state index in [0.717, 1.165) is 0 Å². The van der Waals surface area contributed by atoms with E-state index in [-0.39, 0.29) is 12.4 Å². The smallest absolute Gasteiger partial charge is 0.261 e. The molecule has 136 valence electrons. The molecule has 0 atom stereocenters. The summed E-state index contributed by atoms with van der Waals surface area (Å²) in [7, 11) is -3.25. The number of carbonyl (C=O) groups is 1. The summed E-state index contributed by atoms with van der Waals surface area (Å²) >= 11 is 5.91. The molecule has 3 aromatic rings. The maximum absolute atomic E-state index is 13.6. The van der Waals surface area contributed by atoms with Gasteiger partial charge in [0.2, 0.25) is 0 Å². The number of rotatable bonds is 7. The first kappa shape index (κ1) is 19.3. The van der Waals surface area contributed by atoms with Crippen LogP contribution in [-0.2, 0) is 9.09 Å². The van der Waals surface area contributed by atoms with Crippen molar-refractivity contribution in [2.45, 2.75) is 0 Å². The van der Waals surface area contributed by atoms with Gasteiger partial charge in [-0.15, -0.1) is 0 Å². The van der Waals surface area contributed by atoms with E-state index in [2.05, 4.69) is 0 Å². The molecular formula is C22H18ClO3P. The van der Waals surface area contributed by atoms with E-state index in [0.29, 0.717) is 21.2 Å². The maximum atomic E-state index is 13.6. The molecule has 0 aromatic heterocycles. The minimum absolute atomic E-state index is 0.0490. The Balaban J connectivity index is 1.76. The van der Waals surface area contributed by atoms with E-state index in [4.69, 9.17) is 16.1 Å². The molecule has 0 N–H and O–H groups in total. The Labute approximate surface area is 163 Å². The van der Waals surface area contributed by atoms with Gasteiger partial charge in [0.15, 0.2) is 5.78 Å². The van der Waals surface area contributed by atoms with Gasteiger partial charge in [-0.05, 0) is 42.5 Å². The summed E-state index contributed by atoms with van der Waals surface area (Å²) in [6, 6.07) is 24.9. The van der Waals surface area contributed by atoms with Crippen molar-refractivity contribution in [2.75, 3.05) is 6.61 Å². The molecule has 0 radical (unpaired) electrons. The highest BCUT2D eigenvalue weighted by molar-refractivity contribution is 7.74. The molecular weight excluding hydrogens is 379 g/mol. The maximum Gasteiger partial charge on any atom is 0.261 e. The molecule has 0 fully saturated rings. The van der Waals surface area contributed by atoms with Crippen LogP contribution in [0.4, 0.5) is 0 Å². The quantitative estimate of drug-likeness (QED) is 0.320. The summed E-state index contributed by atoms with van der Waals surface area (Å²) in [5, 5.41) is 1.74. The number of carbonyl (C=O) groups excluding carboxylic acids is 1. The molecule has 0 spiro atoms. The van der Waals surface area contributed by atoms with Crippen LogP contribution in [0.2, 0.25) is 5.02 Å². The Morgan fingerprint density at radius 2 is 1.48 bits per heavy atom. The molecule has 0 saturated heterocycles. The van der Waals surface area contributed by atoms with Crippen LogP contribution in [-0.4, -0.2) is 12.4 Å². The Hall–Kier alpha value is -2.45. The summed E-state index contributed by atoms with van der Waals surface area (Å²) < 4.78 is 19.4. The van der Waals surface area contributed by atoms with Crippen LogP contribution in [0.15, 0.2) is 97.1 Å². The van der Waals surface area contributed by atoms with Gasteiger partial charge < -0.3 is 4.52 Å². The second-order valence-electron chi connectivity index (χ2n) is 5.80. The number of ketones is 1. The zero-order chi connectivity index (χ0) is 19.1. The van der Waals surface area contributed by atoms with E-state index in [1.807, 2.05) is 36.4 Å². The fourth-order valence-electron chi connectivity index (χ4n) is 2.59. The van der Waals surface area contributed by atoms with Crippen molar-refractivity contribution < 1.29 is 13.9 Å². The lowest BCUT2D eigenvalue weighted by molar-refractivity contribution is 0.104. The van der Waals surface area contributed by atoms with Crippen molar-refractivity contribution in [3.05, 3.63) is 108 Å². The van der Waals surface area contributed by atoms with Crippen LogP contribution in [0.5, 0.6) is 0 Å². The predicted octanol–water partition coefficient (Wildman–Crippen LogP) is 5.02. The molecule has 0 bridgehead atoms. The molecule has 0 aliphatic carbocycles. The van der Waals surface area contributed by atoms with E-state index >= 15 is 0 Å². The average Bonchev–Trinajstić information content (AvgIpc) is 2.72. The van der Waals surface area contributed by atoms with Crippen LogP contribution < -0.4 is 10.6 Å². The van der Waals surface area contributed by atoms with Crippen molar-refractivity contribution in [3.63, 3.8) is 0 Å². The highest BCUT2D eigenvalue weighted by atomic mass is 35.5. The first-order valence-electron chi connectivity index (χ1n) is 8.42. The SMILES string of the molecule is O=C(/C=C/COP(=O)(c1ccccc1)c1ccccc1)c1cccc(Cl)c1. The van der Waals surface area contributed by atoms with E-state index in [1.165, 1.54) is 6.08 Å². The molecule has 3 aromatic carbocycles. The molecule has 0 amide bonds. The van der Waals surface area contributed by atoms with Gasteiger partial charge in [0.05, 0.1) is 6.61 Å². The normalized spacial score (nSPS) is 11.6. The number of allylic oxidation sites excluding steroid dienone is 1. The van der Waals surface area contributed by atoms with Crippen LogP contribution in [0, 0.1) is 0 Å². The van der Waals surface area contributed by atoms with Gasteiger partial charge in [0.1, 0.15) is 0 Å². The second-order valence-corrected chi connectivity index (χ2v) is 8.63. The van der Waals surface area contributed by atoms with Gasteiger partial charge >= 0.3 is 0 Å². The Morgan fingerprint density at radius 3 is 2.04 bits per heavy atom. The Kier molecular flexibility index (Phi) is 6.41. The lowest BCUT2D eigenvalue weighted by Gasteiger charge is -2.18. The van der Waals surface area contributed by atoms with Crippen molar-refractivity contribution >= 4 is 35.4 Å². The molecule has 5 heteroatoms. The minimum Gasteiger partial charge on any atom is -0.318 e. The average molecular weight is 397 g/mol. The number of hydrogen-bond donors (Lipinski definition) is 0. The minimum atomic E-state index is -3.25. The Morgan fingerprint density at radius 1 is 0.889 bits per heavy atom. The highest BCUT2D eigenvalue weighted by Crippen LogP contribution is 2.44. The topological polar surface area (TPSA) is 43.4 Å². The monoisotopic (exact) mass is 396 g/mol. The summed E-state index contributed by atoms with van der Waals surface area (Å²) in [6.45, 7) is 0.0490. The molecule has 3 nitrogen and oxygen atoms in total. The summed E-state index contributed by atoms with van der Waals surface area (Å²) in [4.78, 5) is 12.2. The van der Waals surface area contributed by atoms with Gasteiger partial charge in [-0.1, -0.05) is 66.2 Å². The molecule has 0 unspecified atom stereocenters. The highest BCUT2D eigenvalue weighted by Gasteiger charge is 2.27. The Bertz CT molecular complexity index is 941. The molecule has 3 rings (SSSR count). The summed E-state index contributed by atoms with van der Waals surface area (Å²) in [5.41, 5.74) is 0.494. The van der Waals surface area contributed by atoms with Gasteiger partial charge in [0.25, 0.3) is 7.37 Å². The molecule has 0 aliphatic rings. The van der Waals surface area contributed by atoms with Gasteiger partial charge in [-0.25, -0.2) is 0 Å². The predicted molar refractivity (Wildman–Crippen MR) is 111 cm³/mol. The number of benzene rings is 3. The first-order valence-corrected chi connectivity index (χ1v) is 10.4. The molecule has 27 heavy (non-hydrogen) atoms. The number of hydrogen-bond acceptors (Lipinski definition) is 3. The van der Waals surface area contributed by atoms with Gasteiger partial charge in [-0.2, -0.15) is 0 Å². The van der Waals surface area contributed by atoms with E-state index in [9.17, 15) is 9.36 Å². The fourth-order valence-corrected chi connectivity index (χ4v) is 4.80. The third-order valence-electron chi connectivity index (χ3n) is 3.92. The van der Waals surface area contributed by atoms with Crippen LogP contribution >= 0.6 is 19.0 Å². The van der Waals surface area contributed by atoms with E-state index < -0.39 is 7.37 Å². The number of halogens is 1. The zero-order valence-electron chi connectivity index (χ0n) is 14.5. The van der Waals surface area contributed by atoms with Crippen LogP contribution in [0.25, 0.3) is 0 Å². The largest absolute Gasteiger partial charge is 0.318 e. The third kappa shape index (κ3) is 4.84. The third-order valence-corrected chi connectivity index (χ3v) is 6.63. The lowest BCUT2D eigenvalue weighted by atomic mass is 10.1. The lowest BCUT2D eigenvalue weighted by Crippen LogP contribution is -2.18. The van der Waals surface area contributed by atoms with Crippen LogP contribution in [0.3, 0.4) is 0 Å². The molecule has 0 heterocycles. The standard InChI is InChI=1S/C22H18ClO3P/c23-19-10-7-9-18(17-19)22(24)15-8-16-26-27(25,20-11-3-1-4-12-20)21-13-5-2-6-14-21/h1-15,17H,16H2/b15-8+. The fraction of sp³-hybridized carbons (Fsp3) is 0.0455. The summed E-state index contributed by atoms with van der Waals surface area (Å²) in [6.07, 6.45) is 2.98. The van der Waals surface area contributed by atoms with Crippen molar-refractivity contribution in [1.82, 2.24) is 0 Å². The molecule has 0 saturated carbocycles. The van der Waals surface area contributed by atoms with Gasteiger partial charge in [-0.3, -0.25) is 9.36 Å². The second kappa shape index (κ2) is 8.96. The first-order chi connectivity index (χ1) is 13.1. The van der Waals surface area contributed by atoms with E-state index in [1.54, 1.807) is 54.6 Å².